The number of hydrogen-bond acceptors (Lipinski definition) is 5. The normalized spacial score (nSPS) is 10.1. The highest BCUT2D eigenvalue weighted by Gasteiger charge is 2.11. The number of anilines is 1. The van der Waals surface area contributed by atoms with E-state index in [2.05, 4.69) is 10.6 Å². The summed E-state index contributed by atoms with van der Waals surface area (Å²) in [5.74, 6) is -0.822. The van der Waals surface area contributed by atoms with Gasteiger partial charge in [0.25, 0.3) is 11.8 Å². The van der Waals surface area contributed by atoms with Crippen molar-refractivity contribution in [2.45, 2.75) is 20.8 Å². The number of benzene rings is 2. The van der Waals surface area contributed by atoms with Crippen molar-refractivity contribution in [2.75, 3.05) is 25.1 Å². The summed E-state index contributed by atoms with van der Waals surface area (Å²) in [6.07, 6.45) is 0. The van der Waals surface area contributed by atoms with Crippen molar-refractivity contribution in [1.82, 2.24) is 5.32 Å². The molecular formula is C21H24N2O5. The number of carbonyl (C=O) groups is 3. The second-order valence-corrected chi connectivity index (χ2v) is 6.18. The molecule has 7 nitrogen and oxygen atoms in total. The van der Waals surface area contributed by atoms with E-state index in [4.69, 9.17) is 9.47 Å². The molecule has 0 heterocycles. The number of aryl methyl sites for hydroxylation is 2. The molecule has 0 atom stereocenters. The molecule has 0 unspecified atom stereocenters. The van der Waals surface area contributed by atoms with E-state index in [9.17, 15) is 14.4 Å². The number of carbonyl (C=O) groups excluding carboxylic acids is 3. The van der Waals surface area contributed by atoms with E-state index in [1.807, 2.05) is 32.9 Å². The van der Waals surface area contributed by atoms with Crippen molar-refractivity contribution in [3.63, 3.8) is 0 Å². The van der Waals surface area contributed by atoms with Gasteiger partial charge < -0.3 is 20.1 Å². The van der Waals surface area contributed by atoms with Crippen molar-refractivity contribution >= 4 is 23.5 Å². The average Bonchev–Trinajstić information content (AvgIpc) is 2.67. The zero-order valence-corrected chi connectivity index (χ0v) is 16.2. The van der Waals surface area contributed by atoms with Gasteiger partial charge in [0, 0.05) is 17.8 Å². The van der Waals surface area contributed by atoms with Crippen LogP contribution in [-0.4, -0.2) is 37.5 Å². The van der Waals surface area contributed by atoms with Gasteiger partial charge >= 0.3 is 5.97 Å². The number of amides is 2. The molecule has 0 saturated heterocycles. The molecule has 2 rings (SSSR count). The second-order valence-electron chi connectivity index (χ2n) is 6.18. The Hall–Kier alpha value is -3.35. The molecule has 2 amide bonds. The standard InChI is InChI=1S/C21H24N2O5/c1-4-22-21(26)16-6-5-7-17(11-16)23-19(24)12-28-20(25)13-27-18-9-8-14(2)15(3)10-18/h5-11H,4,12-13H2,1-3H3,(H,22,26)(H,23,24). The average molecular weight is 384 g/mol. The van der Waals surface area contributed by atoms with Gasteiger partial charge in [-0.1, -0.05) is 12.1 Å². The van der Waals surface area contributed by atoms with Gasteiger partial charge in [0.1, 0.15) is 5.75 Å². The molecule has 2 aromatic rings. The van der Waals surface area contributed by atoms with Crippen LogP contribution in [0, 0.1) is 13.8 Å². The maximum Gasteiger partial charge on any atom is 0.344 e. The maximum atomic E-state index is 12.0. The van der Waals surface area contributed by atoms with E-state index in [-0.39, 0.29) is 12.5 Å². The Morgan fingerprint density at radius 2 is 1.75 bits per heavy atom. The maximum absolute atomic E-state index is 12.0. The molecule has 0 saturated carbocycles. The lowest BCUT2D eigenvalue weighted by atomic mass is 10.1. The number of ether oxygens (including phenoxy) is 2. The van der Waals surface area contributed by atoms with Crippen LogP contribution in [0.1, 0.15) is 28.4 Å². The Labute approximate surface area is 164 Å². The minimum atomic E-state index is -0.649. The lowest BCUT2D eigenvalue weighted by molar-refractivity contribution is -0.149. The van der Waals surface area contributed by atoms with Crippen LogP contribution in [0.5, 0.6) is 5.75 Å². The van der Waals surface area contributed by atoms with E-state index in [1.165, 1.54) is 0 Å². The minimum absolute atomic E-state index is 0.228. The number of rotatable bonds is 8. The van der Waals surface area contributed by atoms with Gasteiger partial charge in [-0.25, -0.2) is 4.79 Å². The van der Waals surface area contributed by atoms with Gasteiger partial charge in [0.2, 0.25) is 0 Å². The highest BCUT2D eigenvalue weighted by Crippen LogP contribution is 2.16. The van der Waals surface area contributed by atoms with E-state index in [0.29, 0.717) is 23.5 Å². The Bertz CT molecular complexity index is 864. The first-order valence-corrected chi connectivity index (χ1v) is 8.93. The predicted molar refractivity (Wildman–Crippen MR) is 105 cm³/mol. The van der Waals surface area contributed by atoms with E-state index in [1.54, 1.807) is 30.3 Å². The Morgan fingerprint density at radius 3 is 2.46 bits per heavy atom. The first kappa shape index (κ1) is 21.0. The van der Waals surface area contributed by atoms with Crippen molar-refractivity contribution in [1.29, 1.82) is 0 Å². The van der Waals surface area contributed by atoms with Gasteiger partial charge in [-0.05, 0) is 62.2 Å². The van der Waals surface area contributed by atoms with E-state index >= 15 is 0 Å². The zero-order valence-electron chi connectivity index (χ0n) is 16.2. The molecule has 0 aromatic heterocycles. The lowest BCUT2D eigenvalue weighted by Crippen LogP contribution is -2.24. The molecule has 28 heavy (non-hydrogen) atoms. The van der Waals surface area contributed by atoms with Crippen molar-refractivity contribution < 1.29 is 23.9 Å². The van der Waals surface area contributed by atoms with Gasteiger partial charge in [-0.2, -0.15) is 0 Å². The van der Waals surface area contributed by atoms with Crippen LogP contribution in [0.25, 0.3) is 0 Å². The molecule has 0 aliphatic carbocycles. The fourth-order valence-electron chi connectivity index (χ4n) is 2.33. The van der Waals surface area contributed by atoms with E-state index < -0.39 is 18.5 Å². The number of esters is 1. The first-order valence-electron chi connectivity index (χ1n) is 8.93. The predicted octanol–water partition coefficient (Wildman–Crippen LogP) is 2.61. The molecule has 0 spiro atoms. The quantitative estimate of drug-likeness (QED) is 0.683. The van der Waals surface area contributed by atoms with Gasteiger partial charge in [-0.15, -0.1) is 0 Å². The molecular weight excluding hydrogens is 360 g/mol. The molecule has 2 aromatic carbocycles. The number of nitrogens with one attached hydrogen (secondary N) is 2. The Balaban J connectivity index is 1.78. The molecule has 0 aliphatic rings. The summed E-state index contributed by atoms with van der Waals surface area (Å²) in [5.41, 5.74) is 3.05. The third-order valence-corrected chi connectivity index (χ3v) is 3.95. The highest BCUT2D eigenvalue weighted by molar-refractivity contribution is 5.97. The summed E-state index contributed by atoms with van der Waals surface area (Å²) in [6, 6.07) is 12.0. The topological polar surface area (TPSA) is 93.7 Å². The van der Waals surface area contributed by atoms with Gasteiger partial charge in [-0.3, -0.25) is 9.59 Å². The van der Waals surface area contributed by atoms with Crippen LogP contribution in [-0.2, 0) is 14.3 Å². The summed E-state index contributed by atoms with van der Waals surface area (Å²) in [7, 11) is 0. The molecule has 0 radical (unpaired) electrons. The molecule has 0 bridgehead atoms. The smallest absolute Gasteiger partial charge is 0.344 e. The summed E-state index contributed by atoms with van der Waals surface area (Å²) in [6.45, 7) is 5.53. The van der Waals surface area contributed by atoms with Gasteiger partial charge in [0.05, 0.1) is 0 Å². The first-order chi connectivity index (χ1) is 13.4. The van der Waals surface area contributed by atoms with Crippen LogP contribution < -0.4 is 15.4 Å². The SMILES string of the molecule is CCNC(=O)c1cccc(NC(=O)COC(=O)COc2ccc(C)c(C)c2)c1. The number of hydrogen-bond donors (Lipinski definition) is 2. The van der Waals surface area contributed by atoms with Crippen LogP contribution in [0.4, 0.5) is 5.69 Å². The second kappa shape index (κ2) is 10.1. The molecule has 0 aliphatic heterocycles. The summed E-state index contributed by atoms with van der Waals surface area (Å²) in [4.78, 5) is 35.5. The Morgan fingerprint density at radius 1 is 0.964 bits per heavy atom. The molecule has 148 valence electrons. The highest BCUT2D eigenvalue weighted by atomic mass is 16.6. The van der Waals surface area contributed by atoms with Crippen molar-refractivity contribution in [2.24, 2.45) is 0 Å². The van der Waals surface area contributed by atoms with Gasteiger partial charge in [0.15, 0.2) is 13.2 Å². The molecule has 2 N–H and O–H groups in total. The lowest BCUT2D eigenvalue weighted by Gasteiger charge is -2.10. The minimum Gasteiger partial charge on any atom is -0.482 e. The monoisotopic (exact) mass is 384 g/mol. The molecule has 0 fully saturated rings. The third-order valence-electron chi connectivity index (χ3n) is 3.95. The Kier molecular flexibility index (Phi) is 7.56. The molecule has 7 heteroatoms. The summed E-state index contributed by atoms with van der Waals surface area (Å²) < 4.78 is 10.3. The van der Waals surface area contributed by atoms with E-state index in [0.717, 1.165) is 11.1 Å². The fourth-order valence-corrected chi connectivity index (χ4v) is 2.33. The van der Waals surface area contributed by atoms with Crippen LogP contribution in [0.15, 0.2) is 42.5 Å². The van der Waals surface area contributed by atoms with Crippen molar-refractivity contribution in [3.05, 3.63) is 59.2 Å². The fraction of sp³-hybridized carbons (Fsp3) is 0.286. The zero-order chi connectivity index (χ0) is 20.5. The van der Waals surface area contributed by atoms with Crippen LogP contribution >= 0.6 is 0 Å². The summed E-state index contributed by atoms with van der Waals surface area (Å²) in [5, 5.41) is 5.27. The van der Waals surface area contributed by atoms with Crippen LogP contribution in [0.3, 0.4) is 0 Å². The van der Waals surface area contributed by atoms with Crippen LogP contribution in [0.2, 0.25) is 0 Å². The largest absolute Gasteiger partial charge is 0.482 e. The van der Waals surface area contributed by atoms with Crippen molar-refractivity contribution in [3.8, 4) is 5.75 Å². The summed E-state index contributed by atoms with van der Waals surface area (Å²) >= 11 is 0. The third kappa shape index (κ3) is 6.42.